The number of carbonyl (C=O) groups is 1. The number of hydrogen-bond donors (Lipinski definition) is 1. The van der Waals surface area contributed by atoms with Gasteiger partial charge in [0.25, 0.3) is 0 Å². The molecule has 128 valence electrons. The third kappa shape index (κ3) is 4.76. The van der Waals surface area contributed by atoms with Crippen molar-refractivity contribution in [3.05, 3.63) is 70.5 Å². The van der Waals surface area contributed by atoms with Crippen LogP contribution in [-0.4, -0.2) is 22.1 Å². The Bertz CT molecular complexity index is 849. The zero-order valence-electron chi connectivity index (χ0n) is 13.8. The monoisotopic (exact) mass is 399 g/mol. The van der Waals surface area contributed by atoms with E-state index in [-0.39, 0.29) is 17.8 Å². The molecule has 0 unspecified atom stereocenters. The highest BCUT2D eigenvalue weighted by molar-refractivity contribution is 9.10. The summed E-state index contributed by atoms with van der Waals surface area (Å²) in [5, 5.41) is 10.7. The molecule has 0 saturated carbocycles. The van der Waals surface area contributed by atoms with Gasteiger partial charge in [-0.1, -0.05) is 52.3 Å². The van der Waals surface area contributed by atoms with Crippen LogP contribution in [0.3, 0.4) is 0 Å². The fourth-order valence-electron chi connectivity index (χ4n) is 2.44. The van der Waals surface area contributed by atoms with Crippen LogP contribution in [0.5, 0.6) is 0 Å². The SMILES string of the molecule is C[C@@H](CCc1ccccc1)NC(=O)c1nnc(-c2cccc(Br)c2)o1. The van der Waals surface area contributed by atoms with Gasteiger partial charge in [-0.25, -0.2) is 0 Å². The van der Waals surface area contributed by atoms with E-state index >= 15 is 0 Å². The number of hydrogen-bond acceptors (Lipinski definition) is 4. The fraction of sp³-hybridized carbons (Fsp3) is 0.211. The van der Waals surface area contributed by atoms with Crippen molar-refractivity contribution in [1.82, 2.24) is 15.5 Å². The van der Waals surface area contributed by atoms with Crippen molar-refractivity contribution in [1.29, 1.82) is 0 Å². The summed E-state index contributed by atoms with van der Waals surface area (Å²) in [7, 11) is 0. The lowest BCUT2D eigenvalue weighted by molar-refractivity contribution is 0.0904. The minimum atomic E-state index is -0.352. The summed E-state index contributed by atoms with van der Waals surface area (Å²) in [6, 6.07) is 17.7. The molecule has 0 aliphatic carbocycles. The van der Waals surface area contributed by atoms with E-state index in [1.807, 2.05) is 49.4 Å². The summed E-state index contributed by atoms with van der Waals surface area (Å²) in [4.78, 5) is 12.3. The second-order valence-corrected chi connectivity index (χ2v) is 6.74. The number of aromatic nitrogens is 2. The molecule has 0 aliphatic heterocycles. The fourth-order valence-corrected chi connectivity index (χ4v) is 2.84. The predicted molar refractivity (Wildman–Crippen MR) is 99.1 cm³/mol. The van der Waals surface area contributed by atoms with Gasteiger partial charge in [0.15, 0.2) is 0 Å². The standard InChI is InChI=1S/C19H18BrN3O2/c1-13(10-11-14-6-3-2-4-7-14)21-17(24)19-23-22-18(25-19)15-8-5-9-16(20)12-15/h2-9,12-13H,10-11H2,1H3,(H,21,24)/t13-/m0/s1. The van der Waals surface area contributed by atoms with Gasteiger partial charge in [0.2, 0.25) is 5.89 Å². The number of aryl methyl sites for hydroxylation is 1. The van der Waals surface area contributed by atoms with Crippen molar-refractivity contribution >= 4 is 21.8 Å². The first-order valence-electron chi connectivity index (χ1n) is 8.06. The van der Waals surface area contributed by atoms with E-state index in [0.717, 1.165) is 22.9 Å². The Kier molecular flexibility index (Phi) is 5.60. The van der Waals surface area contributed by atoms with Gasteiger partial charge >= 0.3 is 11.8 Å². The Morgan fingerprint density at radius 2 is 1.96 bits per heavy atom. The Hall–Kier alpha value is -2.47. The molecule has 3 rings (SSSR count). The number of benzene rings is 2. The lowest BCUT2D eigenvalue weighted by atomic mass is 10.1. The molecule has 1 aromatic heterocycles. The van der Waals surface area contributed by atoms with Crippen LogP contribution >= 0.6 is 15.9 Å². The summed E-state index contributed by atoms with van der Waals surface area (Å²) in [6.07, 6.45) is 1.73. The highest BCUT2D eigenvalue weighted by atomic mass is 79.9. The molecule has 0 bridgehead atoms. The first kappa shape index (κ1) is 17.4. The highest BCUT2D eigenvalue weighted by Gasteiger charge is 2.17. The van der Waals surface area contributed by atoms with Crippen LogP contribution in [0.25, 0.3) is 11.5 Å². The van der Waals surface area contributed by atoms with E-state index in [0.29, 0.717) is 5.89 Å². The number of amides is 1. The molecule has 0 spiro atoms. The van der Waals surface area contributed by atoms with Crippen LogP contribution in [0.15, 0.2) is 63.5 Å². The van der Waals surface area contributed by atoms with Crippen LogP contribution in [0, 0.1) is 0 Å². The molecule has 0 aliphatic rings. The third-order valence-corrected chi connectivity index (χ3v) is 4.27. The molecule has 25 heavy (non-hydrogen) atoms. The maximum Gasteiger partial charge on any atom is 0.309 e. The number of nitrogens with zero attached hydrogens (tertiary/aromatic N) is 2. The van der Waals surface area contributed by atoms with Crippen molar-refractivity contribution in [2.75, 3.05) is 0 Å². The normalized spacial score (nSPS) is 11.9. The Morgan fingerprint density at radius 3 is 2.72 bits per heavy atom. The molecule has 6 heteroatoms. The molecule has 1 atom stereocenters. The van der Waals surface area contributed by atoms with Gasteiger partial charge in [0, 0.05) is 16.1 Å². The molecule has 0 saturated heterocycles. The largest absolute Gasteiger partial charge is 0.412 e. The van der Waals surface area contributed by atoms with Crippen molar-refractivity contribution in [3.8, 4) is 11.5 Å². The molecule has 3 aromatic rings. The minimum absolute atomic E-state index is 0.00826. The number of nitrogens with one attached hydrogen (secondary N) is 1. The first-order valence-corrected chi connectivity index (χ1v) is 8.85. The minimum Gasteiger partial charge on any atom is -0.412 e. The molecule has 0 radical (unpaired) electrons. The molecule has 5 nitrogen and oxygen atoms in total. The Labute approximate surface area is 154 Å². The summed E-state index contributed by atoms with van der Waals surface area (Å²) in [5.74, 6) is -0.0563. The average molecular weight is 400 g/mol. The first-order chi connectivity index (χ1) is 12.1. The Balaban J connectivity index is 1.58. The van der Waals surface area contributed by atoms with E-state index in [2.05, 4.69) is 43.6 Å². The van der Waals surface area contributed by atoms with Crippen LogP contribution < -0.4 is 5.32 Å². The average Bonchev–Trinajstić information content (AvgIpc) is 3.11. The van der Waals surface area contributed by atoms with Crippen LogP contribution in [0.4, 0.5) is 0 Å². The van der Waals surface area contributed by atoms with Crippen molar-refractivity contribution in [2.24, 2.45) is 0 Å². The lowest BCUT2D eigenvalue weighted by Crippen LogP contribution is -2.33. The van der Waals surface area contributed by atoms with Crippen LogP contribution in [0.1, 0.15) is 29.6 Å². The second kappa shape index (κ2) is 8.07. The van der Waals surface area contributed by atoms with Crippen LogP contribution in [-0.2, 0) is 6.42 Å². The maximum atomic E-state index is 12.3. The topological polar surface area (TPSA) is 68.0 Å². The Morgan fingerprint density at radius 1 is 1.16 bits per heavy atom. The van der Waals surface area contributed by atoms with Crippen LogP contribution in [0.2, 0.25) is 0 Å². The van der Waals surface area contributed by atoms with Gasteiger partial charge in [-0.2, -0.15) is 0 Å². The number of rotatable bonds is 6. The maximum absolute atomic E-state index is 12.3. The molecule has 0 fully saturated rings. The highest BCUT2D eigenvalue weighted by Crippen LogP contribution is 2.21. The summed E-state index contributed by atoms with van der Waals surface area (Å²) < 4.78 is 6.40. The molecule has 1 N–H and O–H groups in total. The van der Waals surface area contributed by atoms with Crippen molar-refractivity contribution in [3.63, 3.8) is 0 Å². The third-order valence-electron chi connectivity index (χ3n) is 3.78. The van der Waals surface area contributed by atoms with Gasteiger partial charge in [-0.15, -0.1) is 10.2 Å². The lowest BCUT2D eigenvalue weighted by Gasteiger charge is -2.12. The molecule has 1 heterocycles. The summed E-state index contributed by atoms with van der Waals surface area (Å²) in [6.45, 7) is 1.96. The van der Waals surface area contributed by atoms with E-state index in [1.165, 1.54) is 5.56 Å². The zero-order chi connectivity index (χ0) is 17.6. The van der Waals surface area contributed by atoms with Gasteiger partial charge in [0.1, 0.15) is 0 Å². The number of carbonyl (C=O) groups excluding carboxylic acids is 1. The van der Waals surface area contributed by atoms with E-state index < -0.39 is 0 Å². The van der Waals surface area contributed by atoms with E-state index in [1.54, 1.807) is 0 Å². The second-order valence-electron chi connectivity index (χ2n) is 5.82. The van der Waals surface area contributed by atoms with Gasteiger partial charge < -0.3 is 9.73 Å². The summed E-state index contributed by atoms with van der Waals surface area (Å²) in [5.41, 5.74) is 2.01. The molecular weight excluding hydrogens is 382 g/mol. The van der Waals surface area contributed by atoms with Gasteiger partial charge in [0.05, 0.1) is 0 Å². The van der Waals surface area contributed by atoms with E-state index in [4.69, 9.17) is 4.42 Å². The quantitative estimate of drug-likeness (QED) is 0.672. The van der Waals surface area contributed by atoms with Gasteiger partial charge in [-0.05, 0) is 43.5 Å². The molecule has 2 aromatic carbocycles. The zero-order valence-corrected chi connectivity index (χ0v) is 15.4. The number of halogens is 1. The molecule has 1 amide bonds. The van der Waals surface area contributed by atoms with Crippen molar-refractivity contribution < 1.29 is 9.21 Å². The predicted octanol–water partition coefficient (Wildman–Crippen LogP) is 4.25. The van der Waals surface area contributed by atoms with Crippen molar-refractivity contribution in [2.45, 2.75) is 25.8 Å². The van der Waals surface area contributed by atoms with Gasteiger partial charge in [-0.3, -0.25) is 4.79 Å². The summed E-state index contributed by atoms with van der Waals surface area (Å²) >= 11 is 3.40. The van der Waals surface area contributed by atoms with E-state index in [9.17, 15) is 4.79 Å². The molecular formula is C19H18BrN3O2. The smallest absolute Gasteiger partial charge is 0.309 e.